The minimum atomic E-state index is -0.140. The first-order valence-electron chi connectivity index (χ1n) is 9.62. The van der Waals surface area contributed by atoms with Gasteiger partial charge in [0, 0.05) is 18.0 Å². The van der Waals surface area contributed by atoms with Crippen LogP contribution >= 0.6 is 0 Å². The normalized spacial score (nSPS) is 12.7. The summed E-state index contributed by atoms with van der Waals surface area (Å²) in [6.45, 7) is 13.9. The van der Waals surface area contributed by atoms with Gasteiger partial charge in [0.25, 0.3) is 5.91 Å². The second-order valence-corrected chi connectivity index (χ2v) is 8.21. The van der Waals surface area contributed by atoms with Gasteiger partial charge in [-0.05, 0) is 17.4 Å². The Kier molecular flexibility index (Phi) is 8.79. The first-order valence-corrected chi connectivity index (χ1v) is 9.62. The lowest BCUT2D eigenvalue weighted by molar-refractivity contribution is -0.692. The maximum atomic E-state index is 12.0. The molecule has 1 rings (SSSR count). The molecule has 0 bridgehead atoms. The van der Waals surface area contributed by atoms with E-state index in [1.54, 1.807) is 0 Å². The van der Waals surface area contributed by atoms with E-state index in [0.29, 0.717) is 19.0 Å². The summed E-state index contributed by atoms with van der Waals surface area (Å²) in [5, 5.41) is 7.49. The van der Waals surface area contributed by atoms with Crippen LogP contribution in [0, 0.1) is 5.92 Å². The molecule has 0 aliphatic rings. The third-order valence-electron chi connectivity index (χ3n) is 4.46. The maximum Gasteiger partial charge on any atom is 0.275 e. The van der Waals surface area contributed by atoms with Gasteiger partial charge in [-0.1, -0.05) is 65.8 Å². The molecule has 0 spiro atoms. The fourth-order valence-electron chi connectivity index (χ4n) is 2.81. The van der Waals surface area contributed by atoms with Gasteiger partial charge >= 0.3 is 0 Å². The fourth-order valence-corrected chi connectivity index (χ4v) is 2.81. The average Bonchev–Trinajstić information content (AvgIpc) is 2.57. The van der Waals surface area contributed by atoms with E-state index in [4.69, 9.17) is 0 Å². The van der Waals surface area contributed by atoms with E-state index in [1.165, 1.54) is 11.1 Å². The Morgan fingerprint density at radius 1 is 1.04 bits per heavy atom. The van der Waals surface area contributed by atoms with Gasteiger partial charge in [-0.2, -0.15) is 0 Å². The minimum Gasteiger partial charge on any atom is -0.355 e. The van der Waals surface area contributed by atoms with Gasteiger partial charge in [-0.3, -0.25) is 9.59 Å². The van der Waals surface area contributed by atoms with Gasteiger partial charge in [0.15, 0.2) is 6.54 Å². The smallest absolute Gasteiger partial charge is 0.275 e. The number of quaternary nitrogens is 1. The molecular formula is C21H36N3O2+. The largest absolute Gasteiger partial charge is 0.355 e. The zero-order valence-corrected chi connectivity index (χ0v) is 17.2. The molecule has 0 aliphatic heterocycles. The highest BCUT2D eigenvalue weighted by Gasteiger charge is 2.22. The van der Waals surface area contributed by atoms with E-state index in [2.05, 4.69) is 74.8 Å². The molecule has 1 aromatic carbocycles. The highest BCUT2D eigenvalue weighted by atomic mass is 16.2. The molecule has 146 valence electrons. The summed E-state index contributed by atoms with van der Waals surface area (Å²) in [6, 6.07) is 8.90. The van der Waals surface area contributed by atoms with E-state index in [-0.39, 0.29) is 29.8 Å². The Hall–Kier alpha value is -1.88. The van der Waals surface area contributed by atoms with Crippen molar-refractivity contribution in [3.8, 4) is 0 Å². The van der Waals surface area contributed by atoms with Crippen LogP contribution in [0.4, 0.5) is 0 Å². The van der Waals surface area contributed by atoms with Gasteiger partial charge in [-0.25, -0.2) is 0 Å². The first-order chi connectivity index (χ1) is 12.1. The van der Waals surface area contributed by atoms with Crippen LogP contribution in [0.3, 0.4) is 0 Å². The average molecular weight is 363 g/mol. The van der Waals surface area contributed by atoms with Crippen LogP contribution in [0.5, 0.6) is 0 Å². The lowest BCUT2D eigenvalue weighted by atomic mass is 9.85. The number of hydrogen-bond donors (Lipinski definition) is 3. The molecule has 1 aromatic rings. The van der Waals surface area contributed by atoms with Crippen LogP contribution in [0.25, 0.3) is 0 Å². The van der Waals surface area contributed by atoms with E-state index in [1.807, 2.05) is 6.92 Å². The predicted octanol–water partition coefficient (Wildman–Crippen LogP) is 1.89. The molecule has 0 fully saturated rings. The summed E-state index contributed by atoms with van der Waals surface area (Å²) < 4.78 is 0. The van der Waals surface area contributed by atoms with Crippen molar-refractivity contribution in [1.82, 2.24) is 10.6 Å². The molecule has 0 heterocycles. The molecule has 5 nitrogen and oxygen atoms in total. The molecule has 0 aliphatic carbocycles. The minimum absolute atomic E-state index is 0.0410. The number of rotatable bonds is 9. The Morgan fingerprint density at radius 2 is 1.65 bits per heavy atom. The van der Waals surface area contributed by atoms with Crippen molar-refractivity contribution in [3.63, 3.8) is 0 Å². The van der Waals surface area contributed by atoms with Crippen molar-refractivity contribution in [3.05, 3.63) is 35.4 Å². The third-order valence-corrected chi connectivity index (χ3v) is 4.46. The van der Waals surface area contributed by atoms with Crippen molar-refractivity contribution in [2.75, 3.05) is 19.6 Å². The van der Waals surface area contributed by atoms with E-state index in [9.17, 15) is 9.59 Å². The van der Waals surface area contributed by atoms with Gasteiger partial charge in [0.1, 0.15) is 6.04 Å². The van der Waals surface area contributed by atoms with Gasteiger partial charge < -0.3 is 16.0 Å². The number of benzene rings is 1. The molecule has 5 heteroatoms. The molecule has 0 aromatic heterocycles. The predicted molar refractivity (Wildman–Crippen MR) is 106 cm³/mol. The van der Waals surface area contributed by atoms with Crippen LogP contribution in [0.2, 0.25) is 0 Å². The quantitative estimate of drug-likeness (QED) is 0.627. The fraction of sp³-hybridized carbons (Fsp3) is 0.619. The Morgan fingerprint density at radius 3 is 2.15 bits per heavy atom. The van der Waals surface area contributed by atoms with E-state index >= 15 is 0 Å². The monoisotopic (exact) mass is 362 g/mol. The number of hydrogen-bond acceptors (Lipinski definition) is 2. The summed E-state index contributed by atoms with van der Waals surface area (Å²) >= 11 is 0. The molecular weight excluding hydrogens is 326 g/mol. The summed E-state index contributed by atoms with van der Waals surface area (Å²) in [7, 11) is 0. The van der Waals surface area contributed by atoms with Crippen molar-refractivity contribution >= 4 is 11.8 Å². The molecule has 0 unspecified atom stereocenters. The van der Waals surface area contributed by atoms with Crippen LogP contribution in [-0.4, -0.2) is 31.4 Å². The number of carbonyl (C=O) groups excluding carboxylic acids is 2. The lowest BCUT2D eigenvalue weighted by Gasteiger charge is -2.22. The van der Waals surface area contributed by atoms with Crippen molar-refractivity contribution in [2.24, 2.45) is 5.92 Å². The van der Waals surface area contributed by atoms with Gasteiger partial charge in [0.05, 0.1) is 6.54 Å². The number of nitrogens with two attached hydrogens (primary N) is 1. The summed E-state index contributed by atoms with van der Waals surface area (Å²) in [4.78, 5) is 23.6. The first kappa shape index (κ1) is 22.2. The van der Waals surface area contributed by atoms with E-state index in [0.717, 1.165) is 6.42 Å². The lowest BCUT2D eigenvalue weighted by Crippen LogP contribution is -2.88. The zero-order valence-electron chi connectivity index (χ0n) is 17.2. The van der Waals surface area contributed by atoms with Crippen molar-refractivity contribution < 1.29 is 14.9 Å². The Labute approximate surface area is 158 Å². The Bertz CT molecular complexity index is 574. The highest BCUT2D eigenvalue weighted by Crippen LogP contribution is 2.25. The van der Waals surface area contributed by atoms with Crippen molar-refractivity contribution in [1.29, 1.82) is 0 Å². The summed E-state index contributed by atoms with van der Waals surface area (Å²) in [5.41, 5.74) is 2.66. The Balaban J connectivity index is 2.58. The molecule has 0 saturated heterocycles. The number of amides is 2. The van der Waals surface area contributed by atoms with Crippen LogP contribution in [-0.2, 0) is 15.0 Å². The molecule has 2 amide bonds. The van der Waals surface area contributed by atoms with Gasteiger partial charge in [-0.15, -0.1) is 0 Å². The van der Waals surface area contributed by atoms with Crippen molar-refractivity contribution in [2.45, 2.75) is 59.4 Å². The number of carbonyl (C=O) groups is 2. The third kappa shape index (κ3) is 7.56. The molecule has 0 radical (unpaired) electrons. The standard InChI is InChI=1S/C21H35N3O2/c1-7-12-22-18(25)13-23-19(26)14-24-20(15(2)3)16-8-10-17(11-9-16)21(4,5)6/h8-11,15,20,24H,7,12-14H2,1-6H3,(H,22,25)(H,23,26)/p+1/t20-/m0/s1. The van der Waals surface area contributed by atoms with E-state index < -0.39 is 0 Å². The molecule has 0 saturated carbocycles. The summed E-state index contributed by atoms with van der Waals surface area (Å²) in [5.74, 6) is 0.142. The molecule has 26 heavy (non-hydrogen) atoms. The highest BCUT2D eigenvalue weighted by molar-refractivity contribution is 5.84. The molecule has 4 N–H and O–H groups in total. The molecule has 1 atom stereocenters. The number of nitrogens with one attached hydrogen (secondary N) is 2. The second kappa shape index (κ2) is 10.3. The van der Waals surface area contributed by atoms with Crippen LogP contribution in [0.1, 0.15) is 65.1 Å². The summed E-state index contributed by atoms with van der Waals surface area (Å²) in [6.07, 6.45) is 0.886. The topological polar surface area (TPSA) is 74.8 Å². The van der Waals surface area contributed by atoms with Crippen LogP contribution < -0.4 is 16.0 Å². The SMILES string of the molecule is CCCNC(=O)CNC(=O)C[NH2+][C@H](c1ccc(C(C)(C)C)cc1)C(C)C. The second-order valence-electron chi connectivity index (χ2n) is 8.21. The van der Waals surface area contributed by atoms with Gasteiger partial charge in [0.2, 0.25) is 5.91 Å². The van der Waals surface area contributed by atoms with Crippen LogP contribution in [0.15, 0.2) is 24.3 Å². The zero-order chi connectivity index (χ0) is 19.7. The maximum absolute atomic E-state index is 12.0.